The first-order chi connectivity index (χ1) is 50.9. The summed E-state index contributed by atoms with van der Waals surface area (Å²) in [7, 11) is 0. The smallest absolute Gasteiger partial charge is 0.813 e. The minimum absolute atomic E-state index is 0. The van der Waals surface area contributed by atoms with E-state index in [2.05, 4.69) is 97.7 Å². The average molecular weight is 1740 g/mol. The normalized spacial score (nSPS) is 19.1. The standard InChI is InChI=1S/C26H33ClN6O2S.C21H25ClN6S.C20H28N5O2.C6H5ClIN.C2HF3O.Na.H2S/c1-17-21(27)18(7-11-28-17)36-19-16-30-23(33-15-12-29-22(19)33)32-13-9-26(10-14-32)8-5-6-20(26)31-24(34)35-25(2,3)4;1-14-18(22)15(4-8-24-14)29-16-13-26-20(28-12-9-25-19(16)28)27-10-6-21(7-11-27)5-2-3-17(21)23;1-19(2,3)27-18(26)23-15-5-4-7-20(15)8-12-24(13-9-20)17-22-10-6-16-21-11-14-25(16)17;1-4-6(7)5(8)2-3-9-4;3-2(4,5)1-6;;/h7,11-12,15-16,20H,5-6,8-10,13-14H2,1-4H3,(H,31,34);4,8-9,12-13,17H,2-3,5-7,10-11,23H2,1H3;10-11,14-15H,4-5,7-9,12-13H2,1-3H3,(H,23,26);2-3H,1H3;1H;;1H2/q;;-1;;;+1;/p-1/t20-;17-;15-;;;;/m111..../s1. The maximum atomic E-state index is 12.5. The number of carbonyl (C=O) groups is 3. The van der Waals surface area contributed by atoms with Gasteiger partial charge in [0.05, 0.1) is 41.9 Å². The van der Waals surface area contributed by atoms with E-state index in [-0.39, 0.29) is 78.2 Å². The third-order valence-electron chi connectivity index (χ3n) is 20.9. The van der Waals surface area contributed by atoms with E-state index in [1.807, 2.05) is 128 Å². The predicted molar refractivity (Wildman–Crippen MR) is 429 cm³/mol. The number of nitrogens with one attached hydrogen (secondary N) is 2. The molecule has 15 rings (SSSR count). The van der Waals surface area contributed by atoms with Gasteiger partial charge in [-0.3, -0.25) is 38.5 Å². The number of hydrogen-bond donors (Lipinski definition) is 3. The molecule has 0 unspecified atom stereocenters. The Kier molecular flexibility index (Phi) is 30.0. The van der Waals surface area contributed by atoms with Crippen LogP contribution >= 0.6 is 80.9 Å². The molecule has 0 aromatic carbocycles. The van der Waals surface area contributed by atoms with Gasteiger partial charge in [0, 0.05) is 139 Å². The summed E-state index contributed by atoms with van der Waals surface area (Å²) in [6.45, 7) is 22.7. The Balaban J connectivity index is 0.000000171. The first kappa shape index (κ1) is 87.3. The summed E-state index contributed by atoms with van der Waals surface area (Å²) in [6, 6.07) is 9.50. The first-order valence-electron chi connectivity index (χ1n) is 36.1. The average Bonchev–Trinajstić information content (AvgIpc) is 1.69. The molecule has 6 aliphatic rings. The van der Waals surface area contributed by atoms with E-state index >= 15 is 0 Å². The summed E-state index contributed by atoms with van der Waals surface area (Å²) in [4.78, 5) is 84.5. The number of hydrogen-bond acceptors (Lipinski definition) is 21. The molecule has 4 N–H and O–H groups in total. The Labute approximate surface area is 700 Å². The van der Waals surface area contributed by atoms with E-state index < -0.39 is 23.7 Å². The molecule has 9 aromatic heterocycles. The summed E-state index contributed by atoms with van der Waals surface area (Å²) in [5.41, 5.74) is 11.2. The number of ether oxygens (including phenoxy) is 2. The van der Waals surface area contributed by atoms with Gasteiger partial charge < -0.3 is 64.5 Å². The number of aryl methyl sites for hydroxylation is 3. The number of piperidine rings is 3. The summed E-state index contributed by atoms with van der Waals surface area (Å²) in [5, 5.41) is 8.45. The summed E-state index contributed by atoms with van der Waals surface area (Å²) in [5.74, 6) is 2.78. The van der Waals surface area contributed by atoms with Gasteiger partial charge in [-0.15, -0.1) is 6.20 Å². The molecule has 3 saturated heterocycles. The van der Waals surface area contributed by atoms with Gasteiger partial charge in [0.15, 0.2) is 11.3 Å². The van der Waals surface area contributed by atoms with Crippen LogP contribution in [0.4, 0.5) is 40.6 Å². The largest absolute Gasteiger partial charge is 1.00 e. The van der Waals surface area contributed by atoms with Gasteiger partial charge >= 0.3 is 47.9 Å². The van der Waals surface area contributed by atoms with Gasteiger partial charge in [-0.05, 0) is 202 Å². The van der Waals surface area contributed by atoms with Crippen LogP contribution in [0.15, 0.2) is 112 Å². The molecule has 23 nitrogen and oxygen atoms in total. The van der Waals surface area contributed by atoms with E-state index in [0.717, 1.165) is 196 Å². The Morgan fingerprint density at radius 2 is 0.927 bits per heavy atom. The van der Waals surface area contributed by atoms with Crippen LogP contribution in [0.1, 0.15) is 155 Å². The van der Waals surface area contributed by atoms with Crippen molar-refractivity contribution in [2.75, 3.05) is 54.0 Å². The Hall–Kier alpha value is -5.68. The molecule has 34 heteroatoms. The van der Waals surface area contributed by atoms with E-state index in [4.69, 9.17) is 64.8 Å². The number of halogens is 7. The van der Waals surface area contributed by atoms with Gasteiger partial charge in [0.25, 0.3) is 0 Å². The van der Waals surface area contributed by atoms with Crippen LogP contribution in [0.3, 0.4) is 0 Å². The molecule has 12 heterocycles. The number of pyridine rings is 3. The number of alkyl carbamates (subject to hydrolysis) is 2. The van der Waals surface area contributed by atoms with Gasteiger partial charge in [-0.2, -0.15) is 13.2 Å². The van der Waals surface area contributed by atoms with Crippen LogP contribution in [-0.4, -0.2) is 151 Å². The van der Waals surface area contributed by atoms with Crippen LogP contribution in [0, 0.1) is 46.7 Å². The number of thiol groups is 1. The van der Waals surface area contributed by atoms with Crippen molar-refractivity contribution >= 4 is 148 Å². The summed E-state index contributed by atoms with van der Waals surface area (Å²) in [6.07, 6.45) is 32.6. The molecule has 3 aliphatic carbocycles. The van der Waals surface area contributed by atoms with Crippen molar-refractivity contribution < 1.29 is 66.6 Å². The number of alkyl halides is 3. The molecule has 2 amide bonds. The van der Waals surface area contributed by atoms with Gasteiger partial charge in [-0.1, -0.05) is 77.6 Å². The molecule has 9 aromatic rings. The van der Waals surface area contributed by atoms with Crippen LogP contribution in [0.2, 0.25) is 15.1 Å². The zero-order chi connectivity index (χ0) is 76.6. The topological polar surface area (TPSA) is 259 Å². The zero-order valence-electron chi connectivity index (χ0n) is 63.1. The maximum absolute atomic E-state index is 12.5. The molecule has 3 aliphatic heterocycles. The number of amides is 2. The number of nitrogens with zero attached hydrogens (tertiary/aromatic N) is 15. The third kappa shape index (κ3) is 21.6. The number of rotatable bonds is 9. The molecule has 0 bridgehead atoms. The fourth-order valence-electron chi connectivity index (χ4n) is 15.4. The number of fused-ring (bicyclic) bond motifs is 3. The van der Waals surface area contributed by atoms with E-state index in [1.165, 1.54) is 19.3 Å². The molecule has 3 saturated carbocycles. The summed E-state index contributed by atoms with van der Waals surface area (Å²) >= 11 is 24.0. The number of nitrogens with two attached hydrogens (primary N) is 1. The third-order valence-corrected chi connectivity index (χ3v) is 25.9. The second-order valence-electron chi connectivity index (χ2n) is 30.1. The van der Waals surface area contributed by atoms with E-state index in [9.17, 15) is 22.8 Å². The van der Waals surface area contributed by atoms with Crippen LogP contribution in [-0.2, 0) is 27.8 Å². The van der Waals surface area contributed by atoms with Gasteiger partial charge in [0.2, 0.25) is 24.1 Å². The number of anilines is 3. The van der Waals surface area contributed by atoms with E-state index in [0.29, 0.717) is 21.5 Å². The fourth-order valence-corrected chi connectivity index (χ4v) is 18.4. The van der Waals surface area contributed by atoms with Crippen molar-refractivity contribution in [3.05, 3.63) is 134 Å². The Morgan fingerprint density at radius 1 is 0.550 bits per heavy atom. The molecule has 109 heavy (non-hydrogen) atoms. The van der Waals surface area contributed by atoms with Crippen molar-refractivity contribution in [1.29, 1.82) is 0 Å². The fraction of sp³-hybridized carbons (Fsp3) is 0.520. The summed E-state index contributed by atoms with van der Waals surface area (Å²) < 4.78 is 49.5. The van der Waals surface area contributed by atoms with Gasteiger partial charge in [0.1, 0.15) is 11.2 Å². The molecule has 3 atom stereocenters. The monoisotopic (exact) mass is 1730 g/mol. The Morgan fingerprint density at radius 3 is 1.32 bits per heavy atom. The minimum Gasteiger partial charge on any atom is -0.813 e. The number of imidazole rings is 3. The predicted octanol–water partition coefficient (Wildman–Crippen LogP) is 13.6. The minimum atomic E-state index is -4.64. The van der Waals surface area contributed by atoms with Crippen LogP contribution < -0.4 is 60.6 Å². The van der Waals surface area contributed by atoms with Crippen LogP contribution in [0.5, 0.6) is 0 Å². The number of aromatic nitrogens is 12. The quantitative estimate of drug-likeness (QED) is 0.0303. The molecule has 6 fully saturated rings. The first-order valence-corrected chi connectivity index (χ1v) is 39.9. The molecular formula is C75H93Cl3F3IN18NaO5S3-. The van der Waals surface area contributed by atoms with Gasteiger partial charge in [-0.25, -0.2) is 29.5 Å². The second kappa shape index (κ2) is 37.5. The van der Waals surface area contributed by atoms with Crippen LogP contribution in [0.25, 0.3) is 16.9 Å². The maximum Gasteiger partial charge on any atom is 1.00 e. The van der Waals surface area contributed by atoms with Crippen molar-refractivity contribution in [3.8, 4) is 0 Å². The molecular weight excluding hydrogens is 1640 g/mol. The van der Waals surface area contributed by atoms with Crippen molar-refractivity contribution in [3.63, 3.8) is 0 Å². The number of aldehydes is 1. The number of carbonyl (C=O) groups excluding carboxylic acids is 3. The van der Waals surface area contributed by atoms with Crippen molar-refractivity contribution in [2.45, 2.75) is 214 Å². The molecule has 582 valence electrons. The Bertz CT molecular complexity index is 4570. The zero-order valence-corrected chi connectivity index (χ0v) is 72.0. The molecule has 0 radical (unpaired) electrons. The van der Waals surface area contributed by atoms with Crippen molar-refractivity contribution in [1.82, 2.24) is 68.7 Å². The second-order valence-corrected chi connectivity index (χ2v) is 34.6. The molecule has 3 spiro atoms. The SMILES string of the molecule is CC(C)(C)OC(=O)N[C@@H]1CCCC12CCN(c1nc[c-]c3nccn13)CC2.Cc1nccc(I)c1Cl.Cc1nccc(Sc2cnc(N3CCC4(CCC[C@H]4N)CC3)n3ccnc23)c1Cl.Cc1nccc(Sc2cnc(N3CCC4(CCC[C@H]4NC(=O)OC(C)(C)C)CC3)n3ccnc23)c1Cl.O=CC(F)(F)F.[Na+].[SH-]. The van der Waals surface area contributed by atoms with Crippen molar-refractivity contribution in [2.24, 2.45) is 22.0 Å². The van der Waals surface area contributed by atoms with E-state index in [1.54, 1.807) is 54.5 Å².